The largest absolute Gasteiger partial charge is 0.481 e. The Morgan fingerprint density at radius 1 is 1.14 bits per heavy atom. The number of hydrogen-bond donors (Lipinski definition) is 2. The summed E-state index contributed by atoms with van der Waals surface area (Å²) in [6.07, 6.45) is 6.93. The molecular formula is C14H14N6O. The lowest BCUT2D eigenvalue weighted by atomic mass is 10.1. The number of H-pyrrole nitrogens is 1. The summed E-state index contributed by atoms with van der Waals surface area (Å²) in [5.74, 6) is 1.06. The third-order valence-corrected chi connectivity index (χ3v) is 3.03. The fourth-order valence-corrected chi connectivity index (χ4v) is 1.93. The van der Waals surface area contributed by atoms with E-state index in [2.05, 4.69) is 30.5 Å². The number of ether oxygens (including phenoxy) is 1. The Kier molecular flexibility index (Phi) is 3.46. The van der Waals surface area contributed by atoms with Gasteiger partial charge in [-0.1, -0.05) is 0 Å². The van der Waals surface area contributed by atoms with Gasteiger partial charge in [0, 0.05) is 24.4 Å². The molecule has 0 aromatic carbocycles. The van der Waals surface area contributed by atoms with Gasteiger partial charge in [0.1, 0.15) is 5.69 Å². The molecule has 0 aliphatic heterocycles. The van der Waals surface area contributed by atoms with Crippen LogP contribution in [-0.4, -0.2) is 39.3 Å². The van der Waals surface area contributed by atoms with Gasteiger partial charge in [0.15, 0.2) is 5.82 Å². The van der Waals surface area contributed by atoms with Crippen LogP contribution in [-0.2, 0) is 0 Å². The minimum Gasteiger partial charge on any atom is -0.481 e. The Labute approximate surface area is 121 Å². The summed E-state index contributed by atoms with van der Waals surface area (Å²) in [5.41, 5.74) is 3.28. The molecule has 2 N–H and O–H groups in total. The molecule has 7 heteroatoms. The first-order valence-corrected chi connectivity index (χ1v) is 6.36. The van der Waals surface area contributed by atoms with E-state index >= 15 is 0 Å². The third kappa shape index (κ3) is 2.53. The quantitative estimate of drug-likeness (QED) is 0.760. The zero-order valence-corrected chi connectivity index (χ0v) is 11.7. The third-order valence-electron chi connectivity index (χ3n) is 3.03. The van der Waals surface area contributed by atoms with E-state index in [0.717, 1.165) is 16.8 Å². The van der Waals surface area contributed by atoms with Crippen molar-refractivity contribution in [3.8, 4) is 28.5 Å². The number of pyridine rings is 1. The first kappa shape index (κ1) is 13.0. The summed E-state index contributed by atoms with van der Waals surface area (Å²) in [5, 5.41) is 9.68. The molecule has 21 heavy (non-hydrogen) atoms. The van der Waals surface area contributed by atoms with Crippen molar-refractivity contribution in [3.05, 3.63) is 36.9 Å². The average Bonchev–Trinajstić information content (AvgIpc) is 3.08. The number of hydrogen-bond acceptors (Lipinski definition) is 6. The van der Waals surface area contributed by atoms with E-state index in [9.17, 15) is 0 Å². The molecule has 3 aromatic rings. The number of rotatable bonds is 4. The highest BCUT2D eigenvalue weighted by molar-refractivity contribution is 5.69. The first-order valence-electron chi connectivity index (χ1n) is 6.36. The van der Waals surface area contributed by atoms with Crippen LogP contribution < -0.4 is 10.1 Å². The second kappa shape index (κ2) is 5.58. The summed E-state index contributed by atoms with van der Waals surface area (Å²) in [6.45, 7) is 0. The molecule has 0 spiro atoms. The normalized spacial score (nSPS) is 10.4. The van der Waals surface area contributed by atoms with Crippen LogP contribution in [0.2, 0.25) is 0 Å². The van der Waals surface area contributed by atoms with Crippen molar-refractivity contribution < 1.29 is 4.74 Å². The molecular weight excluding hydrogens is 268 g/mol. The molecule has 0 saturated heterocycles. The molecule has 0 bridgehead atoms. The van der Waals surface area contributed by atoms with Gasteiger partial charge in [-0.2, -0.15) is 5.10 Å². The van der Waals surface area contributed by atoms with E-state index < -0.39 is 0 Å². The molecule has 0 aliphatic carbocycles. The van der Waals surface area contributed by atoms with Crippen LogP contribution >= 0.6 is 0 Å². The molecule has 0 unspecified atom stereocenters. The van der Waals surface area contributed by atoms with Gasteiger partial charge in [0.2, 0.25) is 5.88 Å². The molecule has 106 valence electrons. The molecule has 0 fully saturated rings. The molecule has 0 saturated carbocycles. The lowest BCUT2D eigenvalue weighted by Gasteiger charge is -2.08. The van der Waals surface area contributed by atoms with Crippen molar-refractivity contribution in [2.24, 2.45) is 0 Å². The summed E-state index contributed by atoms with van der Waals surface area (Å²) in [6, 6.07) is 3.78. The molecule has 3 heterocycles. The lowest BCUT2D eigenvalue weighted by molar-refractivity contribution is 0.400. The van der Waals surface area contributed by atoms with Crippen LogP contribution in [0.15, 0.2) is 36.9 Å². The number of nitrogens with one attached hydrogen (secondary N) is 2. The highest BCUT2D eigenvalue weighted by Gasteiger charge is 2.12. The molecule has 0 aliphatic rings. The van der Waals surface area contributed by atoms with Crippen LogP contribution in [0.3, 0.4) is 0 Å². The van der Waals surface area contributed by atoms with E-state index in [0.29, 0.717) is 17.4 Å². The fraction of sp³-hybridized carbons (Fsp3) is 0.143. The number of anilines is 1. The van der Waals surface area contributed by atoms with Gasteiger partial charge in [0.25, 0.3) is 0 Å². The molecule has 7 nitrogen and oxygen atoms in total. The Bertz CT molecular complexity index is 724. The number of nitrogens with zero attached hydrogens (tertiary/aromatic N) is 4. The van der Waals surface area contributed by atoms with Crippen molar-refractivity contribution >= 4 is 5.69 Å². The van der Waals surface area contributed by atoms with Crippen LogP contribution in [0.5, 0.6) is 5.88 Å². The molecule has 0 radical (unpaired) electrons. The Hall–Kier alpha value is -2.96. The van der Waals surface area contributed by atoms with Gasteiger partial charge in [-0.3, -0.25) is 5.10 Å². The van der Waals surface area contributed by atoms with Gasteiger partial charge >= 0.3 is 0 Å². The van der Waals surface area contributed by atoms with E-state index in [4.69, 9.17) is 4.74 Å². The van der Waals surface area contributed by atoms with Crippen LogP contribution in [0.25, 0.3) is 22.6 Å². The van der Waals surface area contributed by atoms with E-state index in [-0.39, 0.29) is 0 Å². The second-order valence-electron chi connectivity index (χ2n) is 4.29. The monoisotopic (exact) mass is 282 g/mol. The SMILES string of the molecule is CNc1cnc(-c2ccc(-c3cn[nH]c3)c(OC)n2)nc1. The highest BCUT2D eigenvalue weighted by Crippen LogP contribution is 2.29. The zero-order chi connectivity index (χ0) is 14.7. The maximum atomic E-state index is 5.36. The number of methoxy groups -OCH3 is 1. The van der Waals surface area contributed by atoms with Crippen molar-refractivity contribution in [3.63, 3.8) is 0 Å². The van der Waals surface area contributed by atoms with Gasteiger partial charge < -0.3 is 10.1 Å². The standard InChI is InChI=1S/C14H14N6O/c1-15-10-7-16-13(17-8-10)12-4-3-11(14(20-12)21-2)9-5-18-19-6-9/h3-8,15H,1-2H3,(H,18,19). The smallest absolute Gasteiger partial charge is 0.221 e. The number of aromatic amines is 1. The summed E-state index contributed by atoms with van der Waals surface area (Å²) >= 11 is 0. The highest BCUT2D eigenvalue weighted by atomic mass is 16.5. The molecule has 3 rings (SSSR count). The Morgan fingerprint density at radius 2 is 1.95 bits per heavy atom. The maximum Gasteiger partial charge on any atom is 0.221 e. The van der Waals surface area contributed by atoms with E-state index in [1.165, 1.54) is 0 Å². The van der Waals surface area contributed by atoms with Crippen molar-refractivity contribution in [1.29, 1.82) is 0 Å². The molecule has 0 amide bonds. The predicted molar refractivity (Wildman–Crippen MR) is 78.9 cm³/mol. The lowest BCUT2D eigenvalue weighted by Crippen LogP contribution is -1.97. The topological polar surface area (TPSA) is 88.6 Å². The van der Waals surface area contributed by atoms with Gasteiger partial charge in [0.05, 0.1) is 31.4 Å². The molecule has 0 atom stereocenters. The maximum absolute atomic E-state index is 5.36. The average molecular weight is 282 g/mol. The minimum absolute atomic E-state index is 0.509. The fourth-order valence-electron chi connectivity index (χ4n) is 1.93. The first-order chi connectivity index (χ1) is 10.3. The van der Waals surface area contributed by atoms with Crippen LogP contribution in [0.4, 0.5) is 5.69 Å². The van der Waals surface area contributed by atoms with Gasteiger partial charge in [-0.25, -0.2) is 15.0 Å². The predicted octanol–water partition coefficient (Wildman–Crippen LogP) is 1.98. The van der Waals surface area contributed by atoms with E-state index in [1.807, 2.05) is 19.2 Å². The van der Waals surface area contributed by atoms with Crippen LogP contribution in [0.1, 0.15) is 0 Å². The Balaban J connectivity index is 2.00. The van der Waals surface area contributed by atoms with Crippen molar-refractivity contribution in [2.75, 3.05) is 19.5 Å². The molecule has 3 aromatic heterocycles. The summed E-state index contributed by atoms with van der Waals surface area (Å²) in [7, 11) is 3.40. The number of aromatic nitrogens is 5. The van der Waals surface area contributed by atoms with E-state index in [1.54, 1.807) is 31.9 Å². The Morgan fingerprint density at radius 3 is 2.57 bits per heavy atom. The minimum atomic E-state index is 0.509. The zero-order valence-electron chi connectivity index (χ0n) is 11.7. The van der Waals surface area contributed by atoms with Gasteiger partial charge in [-0.15, -0.1) is 0 Å². The summed E-state index contributed by atoms with van der Waals surface area (Å²) in [4.78, 5) is 13.0. The van der Waals surface area contributed by atoms with Gasteiger partial charge in [-0.05, 0) is 12.1 Å². The summed E-state index contributed by atoms with van der Waals surface area (Å²) < 4.78 is 5.36. The van der Waals surface area contributed by atoms with Crippen LogP contribution in [0, 0.1) is 0 Å². The second-order valence-corrected chi connectivity index (χ2v) is 4.29. The van der Waals surface area contributed by atoms with Crippen molar-refractivity contribution in [1.82, 2.24) is 25.1 Å². The van der Waals surface area contributed by atoms with Crippen molar-refractivity contribution in [2.45, 2.75) is 0 Å².